The van der Waals surface area contributed by atoms with Gasteiger partial charge in [0.05, 0.1) is 6.61 Å². The highest BCUT2D eigenvalue weighted by Gasteiger charge is 2.08. The van der Waals surface area contributed by atoms with Gasteiger partial charge in [0.2, 0.25) is 0 Å². The van der Waals surface area contributed by atoms with Gasteiger partial charge in [-0.25, -0.2) is 9.97 Å². The lowest BCUT2D eigenvalue weighted by molar-refractivity contribution is 0.205. The van der Waals surface area contributed by atoms with E-state index < -0.39 is 0 Å². The number of methoxy groups -OCH3 is 1. The Morgan fingerprint density at radius 3 is 2.83 bits per heavy atom. The summed E-state index contributed by atoms with van der Waals surface area (Å²) in [6.07, 6.45) is 3.33. The van der Waals surface area contributed by atoms with Gasteiger partial charge in [-0.3, -0.25) is 4.98 Å². The van der Waals surface area contributed by atoms with E-state index in [9.17, 15) is 0 Å². The summed E-state index contributed by atoms with van der Waals surface area (Å²) in [5.74, 6) is 0.902. The molecule has 0 spiro atoms. The molecule has 96 valence electrons. The topological polar surface area (TPSA) is 51.1 Å². The van der Waals surface area contributed by atoms with Crippen LogP contribution in [0.5, 0.6) is 0 Å². The van der Waals surface area contributed by atoms with E-state index in [-0.39, 0.29) is 0 Å². The Hall–Kier alpha value is -1.27. The van der Waals surface area contributed by atoms with Crippen molar-refractivity contribution in [3.8, 4) is 0 Å². The molecule has 0 radical (unpaired) electrons. The minimum Gasteiger partial charge on any atom is -0.383 e. The lowest BCUT2D eigenvalue weighted by Crippen LogP contribution is -2.29. The van der Waals surface area contributed by atoms with Gasteiger partial charge in [0.1, 0.15) is 11.3 Å². The van der Waals surface area contributed by atoms with Crippen molar-refractivity contribution in [3.63, 3.8) is 0 Å². The molecule has 0 fully saturated rings. The maximum absolute atomic E-state index is 5.11. The maximum atomic E-state index is 5.11. The normalized spacial score (nSPS) is 10.8. The second-order valence-corrected chi connectivity index (χ2v) is 4.53. The summed E-state index contributed by atoms with van der Waals surface area (Å²) in [4.78, 5) is 15.1. The van der Waals surface area contributed by atoms with Crippen molar-refractivity contribution in [1.82, 2.24) is 15.0 Å². The zero-order chi connectivity index (χ0) is 12.8. The molecule has 0 aromatic carbocycles. The highest BCUT2D eigenvalue weighted by Crippen LogP contribution is 2.14. The van der Waals surface area contributed by atoms with E-state index in [2.05, 4.69) is 35.8 Å². The van der Waals surface area contributed by atoms with Crippen LogP contribution in [0.4, 0.5) is 5.82 Å². The molecule has 5 nitrogen and oxygen atoms in total. The molecule has 0 atom stereocenters. The summed E-state index contributed by atoms with van der Waals surface area (Å²) >= 11 is 3.45. The van der Waals surface area contributed by atoms with Gasteiger partial charge in [0.25, 0.3) is 0 Å². The van der Waals surface area contributed by atoms with Crippen molar-refractivity contribution >= 4 is 32.9 Å². The SMILES string of the molecule is COCCN(CCBr)c1ccc2nccnc2n1. The van der Waals surface area contributed by atoms with E-state index in [1.54, 1.807) is 19.5 Å². The Labute approximate surface area is 114 Å². The maximum Gasteiger partial charge on any atom is 0.180 e. The Morgan fingerprint density at radius 1 is 1.22 bits per heavy atom. The van der Waals surface area contributed by atoms with Crippen LogP contribution in [-0.4, -0.2) is 47.1 Å². The average molecular weight is 311 g/mol. The molecular formula is C12H15BrN4O. The number of alkyl halides is 1. The average Bonchev–Trinajstić information content (AvgIpc) is 2.43. The molecule has 2 aromatic heterocycles. The van der Waals surface area contributed by atoms with E-state index in [4.69, 9.17) is 4.74 Å². The van der Waals surface area contributed by atoms with Crippen LogP contribution in [0.3, 0.4) is 0 Å². The predicted molar refractivity (Wildman–Crippen MR) is 75.2 cm³/mol. The molecule has 0 aliphatic rings. The quantitative estimate of drug-likeness (QED) is 0.762. The molecule has 0 aliphatic heterocycles. The molecule has 18 heavy (non-hydrogen) atoms. The first-order chi connectivity index (χ1) is 8.85. The molecule has 0 saturated heterocycles. The fourth-order valence-corrected chi connectivity index (χ4v) is 2.09. The zero-order valence-electron chi connectivity index (χ0n) is 10.2. The highest BCUT2D eigenvalue weighted by atomic mass is 79.9. The number of rotatable bonds is 6. The van der Waals surface area contributed by atoms with Crippen molar-refractivity contribution in [2.45, 2.75) is 0 Å². The molecule has 0 saturated carbocycles. The molecule has 0 unspecified atom stereocenters. The number of nitrogens with zero attached hydrogens (tertiary/aromatic N) is 4. The van der Waals surface area contributed by atoms with Gasteiger partial charge in [0.15, 0.2) is 5.65 Å². The monoisotopic (exact) mass is 310 g/mol. The van der Waals surface area contributed by atoms with Crippen LogP contribution in [0.15, 0.2) is 24.5 Å². The third kappa shape index (κ3) is 3.14. The Kier molecular flexibility index (Phi) is 4.83. The van der Waals surface area contributed by atoms with Gasteiger partial charge >= 0.3 is 0 Å². The lowest BCUT2D eigenvalue weighted by Gasteiger charge is -2.22. The summed E-state index contributed by atoms with van der Waals surface area (Å²) in [5.41, 5.74) is 1.48. The third-order valence-corrected chi connectivity index (χ3v) is 2.92. The van der Waals surface area contributed by atoms with Gasteiger partial charge < -0.3 is 9.64 Å². The molecule has 0 aliphatic carbocycles. The first-order valence-electron chi connectivity index (χ1n) is 5.73. The number of hydrogen-bond acceptors (Lipinski definition) is 5. The smallest absolute Gasteiger partial charge is 0.180 e. The van der Waals surface area contributed by atoms with Crippen molar-refractivity contribution in [1.29, 1.82) is 0 Å². The third-order valence-electron chi connectivity index (χ3n) is 2.56. The summed E-state index contributed by atoms with van der Waals surface area (Å²) < 4.78 is 5.11. The van der Waals surface area contributed by atoms with Crippen LogP contribution in [0.1, 0.15) is 0 Å². The molecule has 0 bridgehead atoms. The summed E-state index contributed by atoms with van der Waals surface area (Å²) in [6, 6.07) is 3.91. The van der Waals surface area contributed by atoms with E-state index in [1.165, 1.54) is 0 Å². The second kappa shape index (κ2) is 6.61. The Morgan fingerprint density at radius 2 is 2.06 bits per heavy atom. The first kappa shape index (κ1) is 13.2. The minimum absolute atomic E-state index is 0.673. The predicted octanol–water partition coefficient (Wildman–Crippen LogP) is 1.87. The van der Waals surface area contributed by atoms with E-state index in [1.807, 2.05) is 12.1 Å². The number of fused-ring (bicyclic) bond motifs is 1. The number of pyridine rings is 1. The number of anilines is 1. The minimum atomic E-state index is 0.673. The summed E-state index contributed by atoms with van der Waals surface area (Å²) in [5, 5.41) is 0.886. The van der Waals surface area contributed by atoms with Crippen LogP contribution in [0.25, 0.3) is 11.2 Å². The standard InChI is InChI=1S/C12H15BrN4O/c1-18-9-8-17(7-4-13)11-3-2-10-12(16-11)15-6-5-14-10/h2-3,5-6H,4,7-9H2,1H3. The fraction of sp³-hybridized carbons (Fsp3) is 0.417. The van der Waals surface area contributed by atoms with Crippen LogP contribution >= 0.6 is 15.9 Å². The van der Waals surface area contributed by atoms with E-state index in [0.717, 1.165) is 29.8 Å². The highest BCUT2D eigenvalue weighted by molar-refractivity contribution is 9.09. The van der Waals surface area contributed by atoms with Crippen LogP contribution in [0.2, 0.25) is 0 Å². The van der Waals surface area contributed by atoms with Gasteiger partial charge in [-0.1, -0.05) is 15.9 Å². The Balaban J connectivity index is 2.25. The van der Waals surface area contributed by atoms with Gasteiger partial charge in [0, 0.05) is 37.9 Å². The van der Waals surface area contributed by atoms with Gasteiger partial charge in [-0.15, -0.1) is 0 Å². The molecule has 2 aromatic rings. The van der Waals surface area contributed by atoms with Gasteiger partial charge in [-0.2, -0.15) is 0 Å². The van der Waals surface area contributed by atoms with Crippen molar-refractivity contribution in [2.24, 2.45) is 0 Å². The van der Waals surface area contributed by atoms with Crippen molar-refractivity contribution in [2.75, 3.05) is 37.0 Å². The van der Waals surface area contributed by atoms with Crippen molar-refractivity contribution in [3.05, 3.63) is 24.5 Å². The zero-order valence-corrected chi connectivity index (χ0v) is 11.8. The molecule has 6 heteroatoms. The van der Waals surface area contributed by atoms with Crippen LogP contribution in [0, 0.1) is 0 Å². The van der Waals surface area contributed by atoms with E-state index in [0.29, 0.717) is 12.3 Å². The van der Waals surface area contributed by atoms with Crippen LogP contribution in [-0.2, 0) is 4.74 Å². The first-order valence-corrected chi connectivity index (χ1v) is 6.85. The fourth-order valence-electron chi connectivity index (χ4n) is 1.66. The number of ether oxygens (including phenoxy) is 1. The van der Waals surface area contributed by atoms with E-state index >= 15 is 0 Å². The number of aromatic nitrogens is 3. The number of hydrogen-bond donors (Lipinski definition) is 0. The summed E-state index contributed by atoms with van der Waals surface area (Å²) in [6.45, 7) is 2.36. The number of halogens is 1. The van der Waals surface area contributed by atoms with Crippen molar-refractivity contribution < 1.29 is 4.74 Å². The lowest BCUT2D eigenvalue weighted by atomic mass is 10.3. The molecule has 0 amide bonds. The summed E-state index contributed by atoms with van der Waals surface area (Å²) in [7, 11) is 1.70. The second-order valence-electron chi connectivity index (χ2n) is 3.74. The largest absolute Gasteiger partial charge is 0.383 e. The molecule has 2 rings (SSSR count). The van der Waals surface area contributed by atoms with Crippen LogP contribution < -0.4 is 4.90 Å². The molecular weight excluding hydrogens is 296 g/mol. The van der Waals surface area contributed by atoms with Gasteiger partial charge in [-0.05, 0) is 12.1 Å². The molecule has 0 N–H and O–H groups in total. The Bertz CT molecular complexity index is 508. The molecule has 2 heterocycles.